The van der Waals surface area contributed by atoms with Crippen molar-refractivity contribution in [1.82, 2.24) is 5.32 Å². The van der Waals surface area contributed by atoms with Gasteiger partial charge in [0.05, 0.1) is 28.0 Å². The van der Waals surface area contributed by atoms with Crippen LogP contribution in [-0.4, -0.2) is 29.6 Å². The first-order valence-electron chi connectivity index (χ1n) is 9.41. The lowest BCUT2D eigenvalue weighted by molar-refractivity contribution is -0.936. The zero-order valence-corrected chi connectivity index (χ0v) is 16.6. The van der Waals surface area contributed by atoms with E-state index < -0.39 is 4.92 Å². The molecule has 4 rings (SSSR count). The second kappa shape index (κ2) is 7.37. The average molecular weight is 399 g/mol. The van der Waals surface area contributed by atoms with Gasteiger partial charge in [-0.2, -0.15) is 0 Å². The van der Waals surface area contributed by atoms with Gasteiger partial charge in [-0.05, 0) is 43.2 Å². The van der Waals surface area contributed by atoms with Crippen molar-refractivity contribution in [2.75, 3.05) is 11.9 Å². The van der Waals surface area contributed by atoms with Gasteiger partial charge < -0.3 is 15.5 Å². The molecule has 2 aromatic rings. The predicted octanol–water partition coefficient (Wildman–Crippen LogP) is 2.20. The fourth-order valence-electron chi connectivity index (χ4n) is 3.74. The zero-order valence-electron chi connectivity index (χ0n) is 15.8. The highest BCUT2D eigenvalue weighted by atomic mass is 32.1. The number of quaternary nitrogens is 1. The average Bonchev–Trinajstić information content (AvgIpc) is 3.04. The van der Waals surface area contributed by atoms with E-state index in [4.69, 9.17) is 0 Å². The minimum absolute atomic E-state index is 0.0300. The van der Waals surface area contributed by atoms with Crippen LogP contribution in [0.4, 0.5) is 10.7 Å². The molecule has 0 bridgehead atoms. The van der Waals surface area contributed by atoms with E-state index in [1.807, 2.05) is 12.2 Å². The van der Waals surface area contributed by atoms with Crippen LogP contribution in [0.1, 0.15) is 40.2 Å². The van der Waals surface area contributed by atoms with Crippen LogP contribution in [0.3, 0.4) is 0 Å². The first-order chi connectivity index (χ1) is 13.4. The van der Waals surface area contributed by atoms with E-state index in [2.05, 4.69) is 24.5 Å². The molecule has 0 saturated heterocycles. The van der Waals surface area contributed by atoms with Crippen molar-refractivity contribution < 1.29 is 14.6 Å². The number of rotatable bonds is 4. The van der Waals surface area contributed by atoms with E-state index in [9.17, 15) is 14.9 Å². The zero-order chi connectivity index (χ0) is 19.8. The molecule has 1 aromatic carbocycles. The fourth-order valence-corrected chi connectivity index (χ4v) is 5.07. The highest BCUT2D eigenvalue weighted by Gasteiger charge is 2.34. The number of thiophene rings is 1. The monoisotopic (exact) mass is 399 g/mol. The van der Waals surface area contributed by atoms with Gasteiger partial charge in [-0.1, -0.05) is 6.08 Å². The molecule has 7 nitrogen and oxygen atoms in total. The predicted molar refractivity (Wildman–Crippen MR) is 110 cm³/mol. The number of nitrogens with zero attached hydrogens (tertiary/aromatic N) is 1. The van der Waals surface area contributed by atoms with Crippen molar-refractivity contribution in [1.29, 1.82) is 0 Å². The molecule has 3 N–H and O–H groups in total. The number of nitro groups is 1. The summed E-state index contributed by atoms with van der Waals surface area (Å²) in [7, 11) is 0. The third-order valence-electron chi connectivity index (χ3n) is 5.38. The number of nitrogens with one attached hydrogen (secondary N) is 3. The van der Waals surface area contributed by atoms with Crippen LogP contribution in [0.15, 0.2) is 30.3 Å². The van der Waals surface area contributed by atoms with Crippen molar-refractivity contribution >= 4 is 34.0 Å². The van der Waals surface area contributed by atoms with Crippen molar-refractivity contribution in [3.63, 3.8) is 0 Å². The Morgan fingerprint density at radius 1 is 1.29 bits per heavy atom. The Kier molecular flexibility index (Phi) is 4.91. The van der Waals surface area contributed by atoms with Crippen LogP contribution in [-0.2, 0) is 13.0 Å². The number of amides is 1. The normalized spacial score (nSPS) is 21.2. The van der Waals surface area contributed by atoms with Crippen molar-refractivity contribution in [3.05, 3.63) is 62.0 Å². The van der Waals surface area contributed by atoms with Crippen LogP contribution < -0.4 is 15.5 Å². The molecule has 0 spiro atoms. The molecule has 0 saturated carbocycles. The van der Waals surface area contributed by atoms with Crippen LogP contribution >= 0.6 is 11.3 Å². The van der Waals surface area contributed by atoms with Gasteiger partial charge in [-0.25, -0.2) is 0 Å². The Morgan fingerprint density at radius 3 is 2.71 bits per heavy atom. The quantitative estimate of drug-likeness (QED) is 0.543. The van der Waals surface area contributed by atoms with Crippen LogP contribution in [0, 0.1) is 10.1 Å². The van der Waals surface area contributed by atoms with Gasteiger partial charge in [0.25, 0.3) is 11.6 Å². The van der Waals surface area contributed by atoms with Crippen LogP contribution in [0.2, 0.25) is 0 Å². The minimum atomic E-state index is -0.418. The molecule has 3 heterocycles. The number of fused-ring (bicyclic) bond motifs is 3. The Hall–Kier alpha value is -2.71. The molecule has 1 amide bonds. The third-order valence-corrected chi connectivity index (χ3v) is 6.54. The van der Waals surface area contributed by atoms with Gasteiger partial charge in [-0.15, -0.1) is 11.3 Å². The summed E-state index contributed by atoms with van der Waals surface area (Å²) in [5.74, 6) is -0.0300. The van der Waals surface area contributed by atoms with E-state index in [-0.39, 0.29) is 17.8 Å². The molecule has 2 atom stereocenters. The van der Waals surface area contributed by atoms with Gasteiger partial charge in [0.2, 0.25) is 0 Å². The van der Waals surface area contributed by atoms with Gasteiger partial charge in [-0.3, -0.25) is 14.9 Å². The fraction of sp³-hybridized carbons (Fsp3) is 0.350. The van der Waals surface area contributed by atoms with Gasteiger partial charge in [0.1, 0.15) is 17.7 Å². The molecule has 2 aliphatic heterocycles. The van der Waals surface area contributed by atoms with E-state index in [1.54, 1.807) is 28.4 Å². The SMILES string of the molecule is CC(C)[NH+]1CCc2c(sc3c2C(=O)N[C@@H](/C=C\c2ccc([N+](=O)[O-])cc2)N3)C1. The largest absolute Gasteiger partial charge is 0.353 e. The first-order valence-corrected chi connectivity index (χ1v) is 10.2. The summed E-state index contributed by atoms with van der Waals surface area (Å²) in [4.78, 5) is 25.9. The van der Waals surface area contributed by atoms with Crippen molar-refractivity contribution in [3.8, 4) is 0 Å². The number of anilines is 1. The van der Waals surface area contributed by atoms with Crippen LogP contribution in [0.5, 0.6) is 0 Å². The number of nitro benzene ring substituents is 1. The molecule has 1 aromatic heterocycles. The van der Waals surface area contributed by atoms with Gasteiger partial charge >= 0.3 is 0 Å². The van der Waals surface area contributed by atoms with Gasteiger partial charge in [0.15, 0.2) is 0 Å². The lowest BCUT2D eigenvalue weighted by atomic mass is 10.0. The summed E-state index contributed by atoms with van der Waals surface area (Å²) in [6, 6.07) is 6.91. The van der Waals surface area contributed by atoms with Gasteiger partial charge in [0, 0.05) is 18.6 Å². The molecule has 2 aliphatic rings. The third kappa shape index (κ3) is 3.53. The number of carbonyl (C=O) groups is 1. The Balaban J connectivity index is 1.51. The minimum Gasteiger partial charge on any atom is -0.353 e. The van der Waals surface area contributed by atoms with Crippen molar-refractivity contribution in [2.24, 2.45) is 0 Å². The van der Waals surface area contributed by atoms with Crippen LogP contribution in [0.25, 0.3) is 6.08 Å². The molecule has 28 heavy (non-hydrogen) atoms. The summed E-state index contributed by atoms with van der Waals surface area (Å²) in [6.07, 6.45) is 4.36. The van der Waals surface area contributed by atoms with Crippen molar-refractivity contribution in [2.45, 2.75) is 39.0 Å². The molecule has 146 valence electrons. The number of carbonyl (C=O) groups excluding carboxylic acids is 1. The lowest BCUT2D eigenvalue weighted by Gasteiger charge is -2.28. The topological polar surface area (TPSA) is 88.7 Å². The summed E-state index contributed by atoms with van der Waals surface area (Å²) in [5.41, 5.74) is 2.91. The summed E-state index contributed by atoms with van der Waals surface area (Å²) >= 11 is 1.69. The summed E-state index contributed by atoms with van der Waals surface area (Å²) in [5, 5.41) is 18.1. The molecular weight excluding hydrogens is 376 g/mol. The maximum atomic E-state index is 12.7. The first kappa shape index (κ1) is 18.6. The second-order valence-electron chi connectivity index (χ2n) is 7.50. The maximum Gasteiger partial charge on any atom is 0.269 e. The molecule has 0 fully saturated rings. The van der Waals surface area contributed by atoms with E-state index in [0.717, 1.165) is 35.6 Å². The standard InChI is InChI=1S/C20H22N4O3S/c1-12(2)23-10-9-15-16(11-23)28-20-18(15)19(25)21-17(22-20)8-5-13-3-6-14(7-4-13)24(26)27/h3-8,12,17,22H,9-11H2,1-2H3,(H,21,25)/p+1/b8-5-/t17-/m1/s1. The molecular formula is C20H23N4O3S+. The maximum absolute atomic E-state index is 12.7. The Morgan fingerprint density at radius 2 is 2.04 bits per heavy atom. The summed E-state index contributed by atoms with van der Waals surface area (Å²) in [6.45, 7) is 6.50. The molecule has 8 heteroatoms. The molecule has 1 unspecified atom stereocenters. The highest BCUT2D eigenvalue weighted by Crippen LogP contribution is 2.36. The second-order valence-corrected chi connectivity index (χ2v) is 8.61. The number of hydrogen-bond donors (Lipinski definition) is 3. The number of hydrogen-bond acceptors (Lipinski definition) is 5. The Labute approximate surface area is 167 Å². The Bertz CT molecular complexity index is 949. The molecule has 0 aliphatic carbocycles. The number of benzene rings is 1. The van der Waals surface area contributed by atoms with E-state index in [0.29, 0.717) is 6.04 Å². The number of non-ortho nitro benzene ring substituents is 1. The summed E-state index contributed by atoms with van der Waals surface area (Å²) < 4.78 is 0. The molecule has 0 radical (unpaired) electrons. The lowest BCUT2D eigenvalue weighted by Crippen LogP contribution is -3.14. The van der Waals surface area contributed by atoms with E-state index >= 15 is 0 Å². The van der Waals surface area contributed by atoms with E-state index in [1.165, 1.54) is 22.6 Å². The smallest absolute Gasteiger partial charge is 0.269 e. The highest BCUT2D eigenvalue weighted by molar-refractivity contribution is 7.16.